The van der Waals surface area contributed by atoms with Gasteiger partial charge in [0, 0.05) is 12.2 Å². The summed E-state index contributed by atoms with van der Waals surface area (Å²) in [6, 6.07) is -0.883. The average molecular weight is 1190 g/mol. The molecule has 0 atom stereocenters. The van der Waals surface area contributed by atoms with Crippen LogP contribution in [-0.2, 0) is 0 Å². The van der Waals surface area contributed by atoms with Crippen molar-refractivity contribution in [2.75, 3.05) is 45.4 Å². The molecule has 0 aliphatic carbocycles. The number of nitrogens with one attached hydrogen (secondary N) is 2. The molecular weight excluding hydrogens is 1090 g/mol. The number of hydrogen-bond donors (Lipinski definition) is 2. The van der Waals surface area contributed by atoms with Crippen LogP contribution in [0.5, 0.6) is 0 Å². The molecule has 0 bridgehead atoms. The van der Waals surface area contributed by atoms with Crippen LogP contribution in [0.25, 0.3) is 0 Å². The molecule has 0 aliphatic heterocycles. The van der Waals surface area contributed by atoms with Crippen LogP contribution in [0.15, 0.2) is 0 Å². The van der Waals surface area contributed by atoms with Gasteiger partial charge in [-0.15, -0.1) is 11.8 Å². The molecule has 0 rings (SSSR count). The number of urea groups is 1. The maximum atomic E-state index is 14.1. The molecule has 0 saturated carbocycles. The Balaban J connectivity index is 3.85. The van der Waals surface area contributed by atoms with Gasteiger partial charge in [-0.25, -0.2) is 4.79 Å². The third kappa shape index (κ3) is 28.6. The summed E-state index contributed by atoms with van der Waals surface area (Å²) in [6.07, 6.45) is 40.7. The molecule has 78 heavy (non-hydrogen) atoms. The Bertz CT molecular complexity index is 1490. The zero-order chi connectivity index (χ0) is 59.3. The van der Waals surface area contributed by atoms with Gasteiger partial charge in [0.25, 0.3) is 0 Å². The summed E-state index contributed by atoms with van der Waals surface area (Å²) < 4.78 is 229. The lowest BCUT2D eigenvalue weighted by Crippen LogP contribution is -2.74. The molecule has 0 aromatic heterocycles. The predicted octanol–water partition coefficient (Wildman–Crippen LogP) is 21.3. The highest BCUT2D eigenvalue weighted by atomic mass is 32.2. The first-order chi connectivity index (χ1) is 36.4. The van der Waals surface area contributed by atoms with Crippen LogP contribution in [0.4, 0.5) is 79.4 Å². The Hall–Kier alpha value is -1.61. The summed E-state index contributed by atoms with van der Waals surface area (Å²) in [4.78, 5) is 12.1. The Kier molecular flexibility index (Phi) is 39.0. The van der Waals surface area contributed by atoms with Crippen molar-refractivity contribution in [2.45, 2.75) is 305 Å². The topological polar surface area (TPSA) is 41.1 Å². The number of thioether (sulfide) groups is 1. The van der Waals surface area contributed by atoms with Gasteiger partial charge in [-0.3, -0.25) is 0 Å². The van der Waals surface area contributed by atoms with Gasteiger partial charge in [0.2, 0.25) is 0 Å². The van der Waals surface area contributed by atoms with Crippen molar-refractivity contribution in [3.8, 4) is 0 Å². The first-order valence-corrected chi connectivity index (χ1v) is 30.7. The molecule has 0 aromatic rings. The van der Waals surface area contributed by atoms with Crippen molar-refractivity contribution in [1.82, 2.24) is 10.6 Å². The molecule has 468 valence electrons. The fourth-order valence-corrected chi connectivity index (χ4v) is 10.1. The van der Waals surface area contributed by atoms with E-state index in [2.05, 4.69) is 17.6 Å². The minimum absolute atomic E-state index is 0.118. The Labute approximate surface area is 461 Å². The number of rotatable bonds is 53. The highest BCUT2D eigenvalue weighted by Gasteiger charge is 2.95. The number of carbonyl (C=O) groups is 1. The third-order valence-electron chi connectivity index (χ3n) is 14.8. The first kappa shape index (κ1) is 76.4. The second-order valence-electron chi connectivity index (χ2n) is 22.3. The van der Waals surface area contributed by atoms with E-state index in [1.54, 1.807) is 0 Å². The summed E-state index contributed by atoms with van der Waals surface area (Å²) in [6.45, 7) is 3.65. The Morgan fingerprint density at radius 3 is 0.885 bits per heavy atom. The highest BCUT2D eigenvalue weighted by molar-refractivity contribution is 7.99. The van der Waals surface area contributed by atoms with E-state index < -0.39 is 71.7 Å². The van der Waals surface area contributed by atoms with E-state index in [4.69, 9.17) is 0 Å². The van der Waals surface area contributed by atoms with Crippen molar-refractivity contribution in [3.05, 3.63) is 0 Å². The van der Waals surface area contributed by atoms with Gasteiger partial charge in [0.05, 0.1) is 39.6 Å². The van der Waals surface area contributed by atoms with Crippen LogP contribution in [0.2, 0.25) is 0 Å². The fourth-order valence-electron chi connectivity index (χ4n) is 9.37. The van der Waals surface area contributed by atoms with Crippen molar-refractivity contribution in [2.24, 2.45) is 0 Å². The number of hydrogen-bond acceptors (Lipinski definition) is 2. The number of amides is 2. The lowest BCUT2D eigenvalue weighted by Gasteiger charge is -2.42. The second-order valence-corrected chi connectivity index (χ2v) is 23.5. The summed E-state index contributed by atoms with van der Waals surface area (Å²) in [5.41, 5.74) is 0. The number of halogens is 17. The second kappa shape index (κ2) is 39.8. The number of unbranched alkanes of at least 4 members (excludes halogenated alkanes) is 37. The van der Waals surface area contributed by atoms with E-state index >= 15 is 0 Å². The Morgan fingerprint density at radius 2 is 0.603 bits per heavy atom. The van der Waals surface area contributed by atoms with E-state index in [1.807, 2.05) is 14.1 Å². The minimum atomic E-state index is -8.65. The molecule has 0 aromatic carbocycles. The van der Waals surface area contributed by atoms with Crippen LogP contribution >= 0.6 is 11.8 Å². The smallest absolute Gasteiger partial charge is 0.332 e. The largest absolute Gasteiger partial charge is 0.460 e. The van der Waals surface area contributed by atoms with Crippen LogP contribution in [0, 0.1) is 0 Å². The molecular formula is C56H99F17N3OS+. The van der Waals surface area contributed by atoms with E-state index in [1.165, 1.54) is 218 Å². The summed E-state index contributed by atoms with van der Waals surface area (Å²) in [5, 5.41) is 4.54. The van der Waals surface area contributed by atoms with Crippen LogP contribution in [-0.4, -0.2) is 104 Å². The fraction of sp³-hybridized carbons (Fsp3) is 0.982. The SMILES string of the molecule is CCCCCCCCCCCCCCCCCCCCCCCCCCCCCCCCCCCCCCCC[N+](C)(C)CCNC(=O)NCSCCC(F)(F)C(F)(F)C(F)(F)C(F)(F)C(F)(F)C(F)(F)C(F)(F)C(F)(F)F. The van der Waals surface area contributed by atoms with Gasteiger partial charge in [0.15, 0.2) is 0 Å². The average Bonchev–Trinajstić information content (AvgIpc) is 3.35. The molecule has 0 unspecified atom stereocenters. The quantitative estimate of drug-likeness (QED) is 0.0276. The standard InChI is InChI=1S/C56H98F17N3OS/c1-4-5-6-7-8-9-10-11-12-13-14-15-16-17-18-19-20-21-22-23-24-25-26-27-28-29-30-31-32-33-34-35-36-37-38-39-40-41-44-76(2,3)45-43-74-48(77)75-47-78-46-42-49(57,58)50(59,60)51(61,62)52(63,64)53(65,66)54(67,68)55(69,70)56(71,72)73/h4-47H2,1-3H3,(H-,74,75,77)/p+1. The number of nitrogens with zero attached hydrogens (tertiary/aromatic N) is 1. The van der Waals surface area contributed by atoms with E-state index in [-0.39, 0.29) is 18.3 Å². The third-order valence-corrected chi connectivity index (χ3v) is 15.6. The van der Waals surface area contributed by atoms with E-state index in [9.17, 15) is 79.4 Å². The molecule has 0 saturated heterocycles. The molecule has 22 heteroatoms. The maximum absolute atomic E-state index is 14.1. The molecule has 0 fully saturated rings. The zero-order valence-corrected chi connectivity index (χ0v) is 48.1. The van der Waals surface area contributed by atoms with Gasteiger partial charge in [-0.2, -0.15) is 74.6 Å². The van der Waals surface area contributed by atoms with Gasteiger partial charge >= 0.3 is 53.7 Å². The minimum Gasteiger partial charge on any atom is -0.332 e. The van der Waals surface area contributed by atoms with E-state index in [0.29, 0.717) is 11.0 Å². The number of likely N-dealkylation sites (N-methyl/N-ethyl adjacent to an activating group) is 1. The number of quaternary nitrogens is 1. The van der Waals surface area contributed by atoms with Crippen molar-refractivity contribution in [1.29, 1.82) is 0 Å². The van der Waals surface area contributed by atoms with Gasteiger partial charge in [0.1, 0.15) is 0 Å². The Morgan fingerprint density at radius 1 is 0.346 bits per heavy atom. The molecule has 0 aliphatic rings. The first-order valence-electron chi connectivity index (χ1n) is 29.5. The molecule has 4 nitrogen and oxygen atoms in total. The normalized spacial score (nSPS) is 13.7. The van der Waals surface area contributed by atoms with Crippen LogP contribution < -0.4 is 10.6 Å². The van der Waals surface area contributed by atoms with Crippen LogP contribution in [0.3, 0.4) is 0 Å². The summed E-state index contributed by atoms with van der Waals surface area (Å²) in [5.74, 6) is -58.5. The summed E-state index contributed by atoms with van der Waals surface area (Å²) >= 11 is 0.118. The van der Waals surface area contributed by atoms with E-state index in [0.717, 1.165) is 32.2 Å². The van der Waals surface area contributed by atoms with Crippen LogP contribution in [0.1, 0.15) is 257 Å². The van der Waals surface area contributed by atoms with Crippen molar-refractivity contribution < 1.29 is 83.9 Å². The van der Waals surface area contributed by atoms with Crippen molar-refractivity contribution >= 4 is 17.8 Å². The van der Waals surface area contributed by atoms with Gasteiger partial charge < -0.3 is 15.1 Å². The summed E-state index contributed by atoms with van der Waals surface area (Å²) in [7, 11) is 3.86. The number of alkyl halides is 17. The zero-order valence-electron chi connectivity index (χ0n) is 47.3. The van der Waals surface area contributed by atoms with Crippen molar-refractivity contribution in [3.63, 3.8) is 0 Å². The molecule has 0 heterocycles. The molecule has 0 radical (unpaired) electrons. The molecule has 0 spiro atoms. The number of carbonyl (C=O) groups excluding carboxylic acids is 1. The highest BCUT2D eigenvalue weighted by Crippen LogP contribution is 2.64. The molecule has 2 amide bonds. The molecule has 2 N–H and O–H groups in total. The van der Waals surface area contributed by atoms with Gasteiger partial charge in [-0.1, -0.05) is 238 Å². The lowest BCUT2D eigenvalue weighted by molar-refractivity contribution is -0.889. The predicted molar refractivity (Wildman–Crippen MR) is 282 cm³/mol. The lowest BCUT2D eigenvalue weighted by atomic mass is 9.88. The maximum Gasteiger partial charge on any atom is 0.460 e. The van der Waals surface area contributed by atoms with Gasteiger partial charge in [-0.05, 0) is 12.8 Å². The monoisotopic (exact) mass is 1180 g/mol.